The second kappa shape index (κ2) is 6.76. The van der Waals surface area contributed by atoms with E-state index in [0.717, 1.165) is 61.2 Å². The molecule has 5 nitrogen and oxygen atoms in total. The molecule has 0 bridgehead atoms. The summed E-state index contributed by atoms with van der Waals surface area (Å²) in [6.07, 6.45) is 2.11. The molecule has 1 N–H and O–H groups in total. The number of aromatic nitrogens is 2. The number of hydrogen-bond donors (Lipinski definition) is 1. The van der Waals surface area contributed by atoms with Gasteiger partial charge in [0, 0.05) is 24.6 Å². The largest absolute Gasteiger partial charge is 0.491 e. The number of benzene rings is 1. The van der Waals surface area contributed by atoms with Crippen molar-refractivity contribution in [3.63, 3.8) is 0 Å². The number of rotatable bonds is 5. The van der Waals surface area contributed by atoms with Crippen LogP contribution in [0.3, 0.4) is 0 Å². The predicted molar refractivity (Wildman–Crippen MR) is 86.3 cm³/mol. The van der Waals surface area contributed by atoms with Crippen molar-refractivity contribution < 1.29 is 4.74 Å². The van der Waals surface area contributed by atoms with Crippen molar-refractivity contribution in [2.75, 3.05) is 29.9 Å². The van der Waals surface area contributed by atoms with Crippen molar-refractivity contribution in [2.24, 2.45) is 0 Å². The van der Waals surface area contributed by atoms with E-state index in [1.165, 1.54) is 11.5 Å². The van der Waals surface area contributed by atoms with Gasteiger partial charge in [-0.2, -0.15) is 0 Å². The summed E-state index contributed by atoms with van der Waals surface area (Å²) in [4.78, 5) is 2.33. The molecule has 2 heterocycles. The van der Waals surface area contributed by atoms with Crippen LogP contribution in [0.15, 0.2) is 24.3 Å². The number of anilines is 2. The van der Waals surface area contributed by atoms with Crippen LogP contribution in [0.2, 0.25) is 0 Å². The van der Waals surface area contributed by atoms with E-state index in [9.17, 15) is 0 Å². The Bertz CT molecular complexity index is 587. The first-order valence-corrected chi connectivity index (χ1v) is 8.17. The molecule has 0 saturated heterocycles. The third-order valence-electron chi connectivity index (χ3n) is 3.47. The summed E-state index contributed by atoms with van der Waals surface area (Å²) in [6.45, 7) is 5.62. The average molecular weight is 304 g/mol. The van der Waals surface area contributed by atoms with Gasteiger partial charge in [-0.15, -0.1) is 5.10 Å². The van der Waals surface area contributed by atoms with Crippen LogP contribution in [-0.2, 0) is 6.54 Å². The standard InChI is InChI=1S/C15H20N4OS/c1-2-8-16-15-12(17-18-21-15)11-19-9-5-10-20-14-7-4-3-6-13(14)19/h3-4,6-7,16H,2,5,8-11H2,1H3. The first-order chi connectivity index (χ1) is 10.4. The lowest BCUT2D eigenvalue weighted by Crippen LogP contribution is -2.24. The third kappa shape index (κ3) is 3.26. The summed E-state index contributed by atoms with van der Waals surface area (Å²) in [5.74, 6) is 0.959. The van der Waals surface area contributed by atoms with Gasteiger partial charge in [0.15, 0.2) is 0 Å². The van der Waals surface area contributed by atoms with E-state index in [-0.39, 0.29) is 0 Å². The minimum absolute atomic E-state index is 0.767. The maximum absolute atomic E-state index is 5.80. The van der Waals surface area contributed by atoms with Gasteiger partial charge in [0.2, 0.25) is 0 Å². The highest BCUT2D eigenvalue weighted by molar-refractivity contribution is 7.10. The van der Waals surface area contributed by atoms with E-state index in [4.69, 9.17) is 4.74 Å². The molecule has 0 fully saturated rings. The fourth-order valence-electron chi connectivity index (χ4n) is 2.43. The molecule has 112 valence electrons. The fraction of sp³-hybridized carbons (Fsp3) is 0.467. The Morgan fingerprint density at radius 2 is 2.29 bits per heavy atom. The molecular formula is C15H20N4OS. The van der Waals surface area contributed by atoms with Crippen LogP contribution < -0.4 is 15.0 Å². The molecule has 1 aromatic heterocycles. The van der Waals surface area contributed by atoms with Crippen molar-refractivity contribution in [3.05, 3.63) is 30.0 Å². The molecule has 2 aromatic rings. The Kier molecular flexibility index (Phi) is 4.55. The van der Waals surface area contributed by atoms with Gasteiger partial charge < -0.3 is 15.0 Å². The van der Waals surface area contributed by atoms with Gasteiger partial charge in [0.05, 0.1) is 18.8 Å². The van der Waals surface area contributed by atoms with E-state index in [1.807, 2.05) is 12.1 Å². The van der Waals surface area contributed by atoms with E-state index >= 15 is 0 Å². The quantitative estimate of drug-likeness (QED) is 0.919. The highest BCUT2D eigenvalue weighted by atomic mass is 32.1. The summed E-state index contributed by atoms with van der Waals surface area (Å²) in [7, 11) is 0. The van der Waals surface area contributed by atoms with Gasteiger partial charge >= 0.3 is 0 Å². The summed E-state index contributed by atoms with van der Waals surface area (Å²) in [5.41, 5.74) is 2.16. The summed E-state index contributed by atoms with van der Waals surface area (Å²) in [6, 6.07) is 8.21. The molecule has 21 heavy (non-hydrogen) atoms. The topological polar surface area (TPSA) is 50.3 Å². The number of para-hydroxylation sites is 2. The van der Waals surface area contributed by atoms with Crippen LogP contribution >= 0.6 is 11.5 Å². The molecular weight excluding hydrogens is 284 g/mol. The molecule has 0 atom stereocenters. The highest BCUT2D eigenvalue weighted by Gasteiger charge is 2.18. The fourth-order valence-corrected chi connectivity index (χ4v) is 3.03. The van der Waals surface area contributed by atoms with Crippen molar-refractivity contribution in [1.82, 2.24) is 9.59 Å². The zero-order valence-electron chi connectivity index (χ0n) is 12.2. The van der Waals surface area contributed by atoms with Gasteiger partial charge in [-0.3, -0.25) is 0 Å². The molecule has 1 aromatic carbocycles. The SMILES string of the molecule is CCCNc1snnc1CN1CCCOc2ccccc21. The van der Waals surface area contributed by atoms with Crippen LogP contribution in [0.4, 0.5) is 10.7 Å². The molecule has 1 aliphatic rings. The Morgan fingerprint density at radius 1 is 1.38 bits per heavy atom. The third-order valence-corrected chi connectivity index (χ3v) is 4.19. The van der Waals surface area contributed by atoms with E-state index in [0.29, 0.717) is 0 Å². The molecule has 0 radical (unpaired) electrons. The lowest BCUT2D eigenvalue weighted by Gasteiger charge is -2.23. The highest BCUT2D eigenvalue weighted by Crippen LogP contribution is 2.32. The van der Waals surface area contributed by atoms with Gasteiger partial charge in [0.1, 0.15) is 16.4 Å². The van der Waals surface area contributed by atoms with Crippen LogP contribution in [0.1, 0.15) is 25.5 Å². The Balaban J connectivity index is 1.80. The smallest absolute Gasteiger partial charge is 0.142 e. The summed E-state index contributed by atoms with van der Waals surface area (Å²) >= 11 is 1.43. The number of nitrogens with one attached hydrogen (secondary N) is 1. The molecule has 6 heteroatoms. The minimum atomic E-state index is 0.767. The van der Waals surface area contributed by atoms with Gasteiger partial charge in [-0.05, 0) is 25.0 Å². The summed E-state index contributed by atoms with van der Waals surface area (Å²) in [5, 5.41) is 8.78. The van der Waals surface area contributed by atoms with E-state index in [2.05, 4.69) is 38.9 Å². The predicted octanol–water partition coefficient (Wildman–Crippen LogP) is 3.15. The zero-order valence-corrected chi connectivity index (χ0v) is 13.0. The minimum Gasteiger partial charge on any atom is -0.491 e. The number of nitrogens with zero attached hydrogens (tertiary/aromatic N) is 3. The summed E-state index contributed by atoms with van der Waals surface area (Å²) < 4.78 is 9.89. The second-order valence-electron chi connectivity index (χ2n) is 5.07. The molecule has 0 amide bonds. The first-order valence-electron chi connectivity index (χ1n) is 7.40. The molecule has 0 spiro atoms. The maximum Gasteiger partial charge on any atom is 0.142 e. The number of fused-ring (bicyclic) bond motifs is 1. The Labute approximate surface area is 129 Å². The maximum atomic E-state index is 5.80. The van der Waals surface area contributed by atoms with Crippen LogP contribution in [-0.4, -0.2) is 29.3 Å². The number of hydrogen-bond acceptors (Lipinski definition) is 6. The van der Waals surface area contributed by atoms with Crippen molar-refractivity contribution >= 4 is 22.2 Å². The molecule has 1 aliphatic heterocycles. The van der Waals surface area contributed by atoms with Crippen LogP contribution in [0, 0.1) is 0 Å². The lowest BCUT2D eigenvalue weighted by molar-refractivity contribution is 0.322. The normalized spacial score (nSPS) is 14.2. The van der Waals surface area contributed by atoms with Crippen molar-refractivity contribution in [1.29, 1.82) is 0 Å². The second-order valence-corrected chi connectivity index (χ2v) is 5.82. The van der Waals surface area contributed by atoms with E-state index < -0.39 is 0 Å². The van der Waals surface area contributed by atoms with Crippen LogP contribution in [0.25, 0.3) is 0 Å². The molecule has 0 saturated carbocycles. The van der Waals surface area contributed by atoms with Gasteiger partial charge in [0.25, 0.3) is 0 Å². The van der Waals surface area contributed by atoms with Gasteiger partial charge in [-0.25, -0.2) is 0 Å². The lowest BCUT2D eigenvalue weighted by atomic mass is 10.2. The molecule has 3 rings (SSSR count). The average Bonchev–Trinajstić information content (AvgIpc) is 2.85. The Morgan fingerprint density at radius 3 is 3.19 bits per heavy atom. The zero-order chi connectivity index (χ0) is 14.5. The first kappa shape index (κ1) is 14.1. The Hall–Kier alpha value is -1.82. The van der Waals surface area contributed by atoms with Crippen molar-refractivity contribution in [3.8, 4) is 5.75 Å². The van der Waals surface area contributed by atoms with Crippen LogP contribution in [0.5, 0.6) is 5.75 Å². The van der Waals surface area contributed by atoms with Crippen molar-refractivity contribution in [2.45, 2.75) is 26.3 Å². The molecule has 0 unspecified atom stereocenters. The number of ether oxygens (including phenoxy) is 1. The van der Waals surface area contributed by atoms with Gasteiger partial charge in [-0.1, -0.05) is 23.5 Å². The molecule has 0 aliphatic carbocycles. The monoisotopic (exact) mass is 304 g/mol. The van der Waals surface area contributed by atoms with E-state index in [1.54, 1.807) is 0 Å².